The molecular weight excluding hydrogens is 481 g/mol. The predicted octanol–water partition coefficient (Wildman–Crippen LogP) is 3.87. The molecule has 2 aliphatic rings. The summed E-state index contributed by atoms with van der Waals surface area (Å²) in [5, 5.41) is 8.74. The van der Waals surface area contributed by atoms with Gasteiger partial charge in [0.05, 0.1) is 37.3 Å². The number of benzene rings is 1. The number of aromatic nitrogens is 6. The number of hydrogen-bond acceptors (Lipinski definition) is 8. The summed E-state index contributed by atoms with van der Waals surface area (Å²) in [5.41, 5.74) is 3.79. The Kier molecular flexibility index (Phi) is 5.16. The van der Waals surface area contributed by atoms with Crippen LogP contribution in [0.2, 0.25) is 0 Å². The molecule has 1 aliphatic heterocycles. The number of hydrogen-bond donors (Lipinski definition) is 0. The summed E-state index contributed by atoms with van der Waals surface area (Å²) in [7, 11) is 3.18. The van der Waals surface area contributed by atoms with Crippen LogP contribution in [0.4, 0.5) is 13.2 Å². The van der Waals surface area contributed by atoms with Crippen LogP contribution in [0.1, 0.15) is 30.0 Å². The zero-order valence-corrected chi connectivity index (χ0v) is 19.4. The molecule has 0 unspecified atom stereocenters. The van der Waals surface area contributed by atoms with Gasteiger partial charge in [-0.1, -0.05) is 5.16 Å². The number of nitrogens with zero attached hydrogens (tertiary/aromatic N) is 6. The number of rotatable bonds is 7. The molecule has 0 N–H and O–H groups in total. The van der Waals surface area contributed by atoms with Crippen molar-refractivity contribution in [1.82, 2.24) is 29.5 Å². The normalized spacial score (nSPS) is 15.7. The van der Waals surface area contributed by atoms with Gasteiger partial charge in [-0.05, 0) is 31.0 Å². The average Bonchev–Trinajstić information content (AvgIpc) is 3.16. The van der Waals surface area contributed by atoms with Crippen LogP contribution < -0.4 is 4.74 Å². The number of ether oxygens (including phenoxy) is 3. The van der Waals surface area contributed by atoms with E-state index in [2.05, 4.69) is 25.0 Å². The summed E-state index contributed by atoms with van der Waals surface area (Å²) >= 11 is 0. The second kappa shape index (κ2) is 8.17. The van der Waals surface area contributed by atoms with Crippen molar-refractivity contribution in [1.29, 1.82) is 0 Å². The van der Waals surface area contributed by atoms with E-state index in [-0.39, 0.29) is 6.54 Å². The second-order valence-corrected chi connectivity index (χ2v) is 8.65. The fourth-order valence-corrected chi connectivity index (χ4v) is 4.47. The van der Waals surface area contributed by atoms with E-state index in [0.717, 1.165) is 35.3 Å². The topological polar surface area (TPSA) is 102 Å². The summed E-state index contributed by atoms with van der Waals surface area (Å²) in [6.45, 7) is -0.615. The van der Waals surface area contributed by atoms with Crippen molar-refractivity contribution in [2.45, 2.75) is 37.8 Å². The maximum absolute atomic E-state index is 12.5. The van der Waals surface area contributed by atoms with Crippen molar-refractivity contribution in [3.05, 3.63) is 47.9 Å². The lowest BCUT2D eigenvalue weighted by atomic mass is 10.0. The molecule has 6 rings (SSSR count). The van der Waals surface area contributed by atoms with Crippen LogP contribution in [0.25, 0.3) is 28.5 Å². The second-order valence-electron chi connectivity index (χ2n) is 8.65. The molecule has 0 saturated heterocycles. The molecule has 1 saturated carbocycles. The van der Waals surface area contributed by atoms with E-state index < -0.39 is 18.6 Å². The Morgan fingerprint density at radius 1 is 1.17 bits per heavy atom. The van der Waals surface area contributed by atoms with Crippen molar-refractivity contribution < 1.29 is 31.9 Å². The van der Waals surface area contributed by atoms with Crippen LogP contribution in [0.3, 0.4) is 0 Å². The Balaban J connectivity index is 1.42. The highest BCUT2D eigenvalue weighted by molar-refractivity contribution is 5.77. The van der Waals surface area contributed by atoms with Crippen molar-refractivity contribution in [2.75, 3.05) is 20.8 Å². The fraction of sp³-hybridized carbons (Fsp3) is 0.391. The highest BCUT2D eigenvalue weighted by Crippen LogP contribution is 2.48. The van der Waals surface area contributed by atoms with Gasteiger partial charge in [-0.15, -0.1) is 13.2 Å². The molecule has 3 aromatic heterocycles. The van der Waals surface area contributed by atoms with Gasteiger partial charge >= 0.3 is 6.36 Å². The van der Waals surface area contributed by atoms with E-state index in [1.165, 1.54) is 4.68 Å². The average molecular weight is 502 g/mol. The zero-order valence-electron chi connectivity index (χ0n) is 19.4. The standard InChI is InChI=1S/C23H21F3N6O4/c1-33-14-3-4-16-15(10-14)18-13(11-31(29-18)7-8-35-23(24,25)26)9-17-19(27-12-32(16)17)20-28-21(36-30-20)22(34-2)5-6-22/h3-4,10-12H,5-9H2,1-2H3. The molecule has 4 aromatic rings. The molecule has 0 bridgehead atoms. The van der Waals surface area contributed by atoms with Crippen LogP contribution >= 0.6 is 0 Å². The quantitative estimate of drug-likeness (QED) is 0.331. The Morgan fingerprint density at radius 2 is 2.00 bits per heavy atom. The molecule has 0 atom stereocenters. The first-order chi connectivity index (χ1) is 17.3. The lowest BCUT2D eigenvalue weighted by Gasteiger charge is -2.11. The van der Waals surface area contributed by atoms with Gasteiger partial charge in [0, 0.05) is 30.9 Å². The number of alkyl halides is 3. The third kappa shape index (κ3) is 3.84. The Bertz CT molecular complexity index is 1440. The molecule has 188 valence electrons. The van der Waals surface area contributed by atoms with Gasteiger partial charge < -0.3 is 18.6 Å². The molecule has 4 heterocycles. The first-order valence-corrected chi connectivity index (χ1v) is 11.2. The van der Waals surface area contributed by atoms with E-state index in [1.54, 1.807) is 26.7 Å². The van der Waals surface area contributed by atoms with Gasteiger partial charge in [0.15, 0.2) is 0 Å². The van der Waals surface area contributed by atoms with Crippen LogP contribution in [0.15, 0.2) is 35.2 Å². The van der Waals surface area contributed by atoms with E-state index in [1.807, 2.05) is 22.8 Å². The van der Waals surface area contributed by atoms with Crippen LogP contribution in [-0.4, -0.2) is 56.7 Å². The summed E-state index contributed by atoms with van der Waals surface area (Å²) in [4.78, 5) is 9.14. The molecule has 36 heavy (non-hydrogen) atoms. The fourth-order valence-electron chi connectivity index (χ4n) is 4.47. The van der Waals surface area contributed by atoms with E-state index in [0.29, 0.717) is 35.3 Å². The number of imidazole rings is 1. The first-order valence-electron chi connectivity index (χ1n) is 11.2. The smallest absolute Gasteiger partial charge is 0.497 e. The highest BCUT2D eigenvalue weighted by Gasteiger charge is 2.50. The lowest BCUT2D eigenvalue weighted by molar-refractivity contribution is -0.325. The first kappa shape index (κ1) is 22.7. The minimum absolute atomic E-state index is 0.0643. The van der Waals surface area contributed by atoms with Gasteiger partial charge in [-0.2, -0.15) is 10.1 Å². The largest absolute Gasteiger partial charge is 0.522 e. The van der Waals surface area contributed by atoms with Crippen LogP contribution in [0.5, 0.6) is 5.75 Å². The Labute approximate surface area is 202 Å². The molecule has 0 spiro atoms. The number of fused-ring (bicyclic) bond motifs is 5. The van der Waals surface area contributed by atoms with Crippen molar-refractivity contribution in [2.24, 2.45) is 0 Å². The maximum atomic E-state index is 12.5. The third-order valence-electron chi connectivity index (χ3n) is 6.49. The molecule has 0 amide bonds. The van der Waals surface area contributed by atoms with Crippen LogP contribution in [-0.2, 0) is 28.0 Å². The highest BCUT2D eigenvalue weighted by atomic mass is 19.4. The Hall–Kier alpha value is -3.71. The zero-order chi connectivity index (χ0) is 25.1. The minimum atomic E-state index is -4.70. The number of halogens is 3. The minimum Gasteiger partial charge on any atom is -0.497 e. The van der Waals surface area contributed by atoms with Gasteiger partial charge in [0.25, 0.3) is 5.89 Å². The lowest BCUT2D eigenvalue weighted by Crippen LogP contribution is -2.17. The SMILES string of the molecule is COc1ccc2c(c1)-c1nn(CCOC(F)(F)F)cc1Cc1c(-c3noc(C4(OC)CC4)n3)ncn1-2. The summed E-state index contributed by atoms with van der Waals surface area (Å²) < 4.78 is 61.1. The summed E-state index contributed by atoms with van der Waals surface area (Å²) in [5.74, 6) is 1.38. The van der Waals surface area contributed by atoms with Gasteiger partial charge in [-0.25, -0.2) is 4.98 Å². The van der Waals surface area contributed by atoms with Gasteiger partial charge in [-0.3, -0.25) is 9.42 Å². The molecule has 1 aliphatic carbocycles. The van der Waals surface area contributed by atoms with E-state index in [9.17, 15) is 13.2 Å². The molecule has 1 fully saturated rings. The van der Waals surface area contributed by atoms with Crippen LogP contribution in [0, 0.1) is 0 Å². The van der Waals surface area contributed by atoms with Crippen molar-refractivity contribution in [3.63, 3.8) is 0 Å². The maximum Gasteiger partial charge on any atom is 0.522 e. The predicted molar refractivity (Wildman–Crippen MR) is 117 cm³/mol. The van der Waals surface area contributed by atoms with Crippen molar-refractivity contribution in [3.8, 4) is 34.2 Å². The molecular formula is C23H21F3N6O4. The molecule has 0 radical (unpaired) electrons. The molecule has 10 nitrogen and oxygen atoms in total. The Morgan fingerprint density at radius 3 is 2.72 bits per heavy atom. The van der Waals surface area contributed by atoms with Crippen molar-refractivity contribution >= 4 is 0 Å². The van der Waals surface area contributed by atoms with Gasteiger partial charge in [0.1, 0.15) is 23.4 Å². The summed E-state index contributed by atoms with van der Waals surface area (Å²) in [6, 6.07) is 5.55. The summed E-state index contributed by atoms with van der Waals surface area (Å²) in [6.07, 6.45) is 0.714. The van der Waals surface area contributed by atoms with Gasteiger partial charge in [0.2, 0.25) is 5.82 Å². The third-order valence-corrected chi connectivity index (χ3v) is 6.49. The van der Waals surface area contributed by atoms with E-state index in [4.69, 9.17) is 14.0 Å². The van der Waals surface area contributed by atoms with E-state index >= 15 is 0 Å². The molecule has 1 aromatic carbocycles. The number of methoxy groups -OCH3 is 2. The molecule has 13 heteroatoms. The monoisotopic (exact) mass is 502 g/mol.